The summed E-state index contributed by atoms with van der Waals surface area (Å²) in [5, 5.41) is 2.57. The first kappa shape index (κ1) is 18.7. The molecule has 146 valence electrons. The minimum atomic E-state index is 0. The second kappa shape index (κ2) is 7.17. The van der Waals surface area contributed by atoms with Crippen LogP contribution in [0.4, 0.5) is 5.69 Å². The number of halogens is 1. The number of piperidine rings is 1. The van der Waals surface area contributed by atoms with Crippen molar-refractivity contribution in [3.63, 3.8) is 0 Å². The van der Waals surface area contributed by atoms with Crippen molar-refractivity contribution in [1.82, 2.24) is 4.40 Å². The van der Waals surface area contributed by atoms with E-state index in [0.29, 0.717) is 0 Å². The first-order valence-corrected chi connectivity index (χ1v) is 10.3. The third-order valence-corrected chi connectivity index (χ3v) is 6.44. The highest BCUT2D eigenvalue weighted by molar-refractivity contribution is 5.88. The molecular weight excluding hydrogens is 469 g/mol. The van der Waals surface area contributed by atoms with E-state index >= 15 is 0 Å². The lowest BCUT2D eigenvalue weighted by Crippen LogP contribution is -3.00. The van der Waals surface area contributed by atoms with Crippen LogP contribution in [-0.4, -0.2) is 17.5 Å². The lowest BCUT2D eigenvalue weighted by Gasteiger charge is -2.32. The van der Waals surface area contributed by atoms with Crippen LogP contribution in [0.2, 0.25) is 0 Å². The Balaban J connectivity index is 0.00000181. The topological polar surface area (TPSA) is 11.8 Å². The van der Waals surface area contributed by atoms with Crippen molar-refractivity contribution in [3.8, 4) is 0 Å². The average molecular weight is 493 g/mol. The Hall–Kier alpha value is -2.34. The van der Waals surface area contributed by atoms with E-state index in [-0.39, 0.29) is 24.0 Å². The molecule has 3 aromatic heterocycles. The van der Waals surface area contributed by atoms with Gasteiger partial charge in [0, 0.05) is 35.6 Å². The number of hydrogen-bond acceptors (Lipinski definition) is 1. The largest absolute Gasteiger partial charge is 1.00 e. The molecule has 29 heavy (non-hydrogen) atoms. The molecule has 1 fully saturated rings. The van der Waals surface area contributed by atoms with E-state index in [2.05, 4.69) is 93.6 Å². The summed E-state index contributed by atoms with van der Waals surface area (Å²) >= 11 is 0. The summed E-state index contributed by atoms with van der Waals surface area (Å²) < 4.78 is 4.69. The molecule has 0 atom stereocenters. The summed E-state index contributed by atoms with van der Waals surface area (Å²) in [7, 11) is 0. The number of imidazole rings is 1. The lowest BCUT2D eigenvalue weighted by molar-refractivity contribution is -0.479. The summed E-state index contributed by atoms with van der Waals surface area (Å²) in [6, 6.07) is 24.5. The van der Waals surface area contributed by atoms with Crippen LogP contribution in [-0.2, 0) is 0 Å². The highest BCUT2D eigenvalue weighted by Crippen LogP contribution is 2.28. The molecule has 1 aliphatic heterocycles. The zero-order valence-electron chi connectivity index (χ0n) is 16.6. The number of fused-ring (bicyclic) bond motifs is 7. The minimum Gasteiger partial charge on any atom is -1.00 e. The van der Waals surface area contributed by atoms with E-state index in [0.717, 1.165) is 5.92 Å². The van der Waals surface area contributed by atoms with E-state index in [4.69, 9.17) is 0 Å². The Kier molecular flexibility index (Phi) is 4.62. The number of rotatable bonds is 1. The van der Waals surface area contributed by atoms with Gasteiger partial charge in [-0.2, -0.15) is 8.80 Å². The Labute approximate surface area is 187 Å². The molecule has 0 spiro atoms. The molecule has 2 aromatic carbocycles. The van der Waals surface area contributed by atoms with Gasteiger partial charge in [0.15, 0.2) is 5.52 Å². The average Bonchev–Trinajstić information content (AvgIpc) is 3.13. The molecule has 3 nitrogen and oxygen atoms in total. The van der Waals surface area contributed by atoms with Crippen molar-refractivity contribution < 1.29 is 28.4 Å². The SMILES string of the molecule is CC1CCN(c2ccc3c(ccc4c[n+]5c6ccccc6ccc5n43)c2)CC1.[I-]. The molecule has 0 saturated carbocycles. The van der Waals surface area contributed by atoms with Gasteiger partial charge in [0.2, 0.25) is 0 Å². The van der Waals surface area contributed by atoms with Gasteiger partial charge < -0.3 is 28.9 Å². The fourth-order valence-corrected chi connectivity index (χ4v) is 4.75. The predicted octanol–water partition coefficient (Wildman–Crippen LogP) is 2.22. The maximum Gasteiger partial charge on any atom is 0.292 e. The van der Waals surface area contributed by atoms with E-state index in [1.807, 2.05) is 0 Å². The van der Waals surface area contributed by atoms with Gasteiger partial charge in [0.1, 0.15) is 17.2 Å². The number of benzene rings is 2. The third kappa shape index (κ3) is 2.96. The van der Waals surface area contributed by atoms with Gasteiger partial charge in [-0.3, -0.25) is 0 Å². The zero-order chi connectivity index (χ0) is 18.7. The Morgan fingerprint density at radius 2 is 1.66 bits per heavy atom. The second-order valence-corrected chi connectivity index (χ2v) is 8.26. The van der Waals surface area contributed by atoms with Crippen LogP contribution in [0.25, 0.3) is 33.0 Å². The van der Waals surface area contributed by atoms with Crippen LogP contribution >= 0.6 is 0 Å². The standard InChI is InChI=1S/C25H24N3.HI/c1-18-12-14-26(15-13-18)21-9-10-24-20(16-21)6-8-22-17-27-23-5-3-2-4-19(23)7-11-25(27)28(22)24;/h2-11,16-18H,12-15H2,1H3;1H/q+1;/p-1. The summed E-state index contributed by atoms with van der Waals surface area (Å²) in [5.41, 5.74) is 6.30. The number of pyridine rings is 2. The monoisotopic (exact) mass is 493 g/mol. The third-order valence-electron chi connectivity index (χ3n) is 6.44. The highest BCUT2D eigenvalue weighted by Gasteiger charge is 2.19. The second-order valence-electron chi connectivity index (χ2n) is 8.26. The zero-order valence-corrected chi connectivity index (χ0v) is 18.7. The van der Waals surface area contributed by atoms with Gasteiger partial charge in [-0.15, -0.1) is 0 Å². The van der Waals surface area contributed by atoms with Crippen LogP contribution in [0.1, 0.15) is 19.8 Å². The highest BCUT2D eigenvalue weighted by atomic mass is 127. The molecule has 5 aromatic rings. The Morgan fingerprint density at radius 1 is 0.862 bits per heavy atom. The quantitative estimate of drug-likeness (QED) is 0.258. The van der Waals surface area contributed by atoms with Crippen molar-refractivity contribution >= 4 is 38.7 Å². The molecule has 6 rings (SSSR count). The van der Waals surface area contributed by atoms with Gasteiger partial charge in [-0.05, 0) is 61.2 Å². The van der Waals surface area contributed by atoms with Gasteiger partial charge in [-0.25, -0.2) is 0 Å². The van der Waals surface area contributed by atoms with Crippen molar-refractivity contribution in [2.45, 2.75) is 19.8 Å². The number of para-hydroxylation sites is 1. The number of aromatic nitrogens is 2. The van der Waals surface area contributed by atoms with E-state index in [9.17, 15) is 0 Å². The molecule has 0 unspecified atom stereocenters. The first-order chi connectivity index (χ1) is 13.8. The van der Waals surface area contributed by atoms with Crippen LogP contribution in [0.5, 0.6) is 0 Å². The summed E-state index contributed by atoms with van der Waals surface area (Å²) in [5.74, 6) is 0.856. The fraction of sp³-hybridized carbons (Fsp3) is 0.240. The number of nitrogens with zero attached hydrogens (tertiary/aromatic N) is 3. The first-order valence-electron chi connectivity index (χ1n) is 10.3. The number of anilines is 1. The summed E-state index contributed by atoms with van der Waals surface area (Å²) in [6.07, 6.45) is 4.84. The Bertz CT molecular complexity index is 1350. The van der Waals surface area contributed by atoms with Gasteiger partial charge >= 0.3 is 0 Å². The Morgan fingerprint density at radius 3 is 2.52 bits per heavy atom. The molecule has 0 amide bonds. The van der Waals surface area contributed by atoms with Crippen LogP contribution in [0, 0.1) is 5.92 Å². The van der Waals surface area contributed by atoms with Crippen LogP contribution in [0.3, 0.4) is 0 Å². The van der Waals surface area contributed by atoms with Gasteiger partial charge in [-0.1, -0.05) is 25.1 Å². The van der Waals surface area contributed by atoms with Crippen LogP contribution < -0.4 is 33.3 Å². The maximum absolute atomic E-state index is 2.54. The van der Waals surface area contributed by atoms with Gasteiger partial charge in [0.25, 0.3) is 5.65 Å². The van der Waals surface area contributed by atoms with E-state index < -0.39 is 0 Å². The van der Waals surface area contributed by atoms with E-state index in [1.165, 1.54) is 64.6 Å². The van der Waals surface area contributed by atoms with Crippen molar-refractivity contribution in [2.75, 3.05) is 18.0 Å². The fourth-order valence-electron chi connectivity index (χ4n) is 4.75. The molecule has 4 heteroatoms. The molecular formula is C25H24IN3. The lowest BCUT2D eigenvalue weighted by atomic mass is 9.98. The minimum absolute atomic E-state index is 0. The molecule has 1 aliphatic rings. The molecule has 0 bridgehead atoms. The van der Waals surface area contributed by atoms with Crippen molar-refractivity contribution in [1.29, 1.82) is 0 Å². The molecule has 0 radical (unpaired) electrons. The van der Waals surface area contributed by atoms with Crippen molar-refractivity contribution in [2.24, 2.45) is 5.92 Å². The molecule has 0 aliphatic carbocycles. The summed E-state index contributed by atoms with van der Waals surface area (Å²) in [4.78, 5) is 2.54. The van der Waals surface area contributed by atoms with E-state index in [1.54, 1.807) is 0 Å². The van der Waals surface area contributed by atoms with Crippen LogP contribution in [0.15, 0.2) is 72.9 Å². The normalized spacial score (nSPS) is 15.4. The van der Waals surface area contributed by atoms with Gasteiger partial charge in [0.05, 0.1) is 0 Å². The molecule has 4 heterocycles. The molecule has 1 saturated heterocycles. The smallest absolute Gasteiger partial charge is 0.292 e. The number of hydrogen-bond donors (Lipinski definition) is 0. The maximum atomic E-state index is 2.54. The summed E-state index contributed by atoms with van der Waals surface area (Å²) in [6.45, 7) is 4.71. The predicted molar refractivity (Wildman–Crippen MR) is 116 cm³/mol. The molecule has 0 N–H and O–H groups in total. The van der Waals surface area contributed by atoms with Crippen molar-refractivity contribution in [3.05, 3.63) is 72.9 Å².